The van der Waals surface area contributed by atoms with E-state index in [4.69, 9.17) is 4.74 Å². The SMILES string of the molecule is COc1ccc(N(CC(=O)Nc2ccc(Br)cc2)S(=O)(=O)c2c(C)nn(C)c2C)cc1. The third kappa shape index (κ3) is 4.91. The molecule has 1 aromatic heterocycles. The first-order valence-corrected chi connectivity index (χ1v) is 11.6. The van der Waals surface area contributed by atoms with Gasteiger partial charge < -0.3 is 10.1 Å². The molecule has 3 rings (SSSR count). The number of aromatic nitrogens is 2. The summed E-state index contributed by atoms with van der Waals surface area (Å²) >= 11 is 3.34. The molecule has 10 heteroatoms. The molecule has 0 unspecified atom stereocenters. The van der Waals surface area contributed by atoms with Crippen LogP contribution in [-0.2, 0) is 21.9 Å². The molecule has 0 saturated heterocycles. The average molecular weight is 507 g/mol. The summed E-state index contributed by atoms with van der Waals surface area (Å²) in [5.41, 5.74) is 1.76. The Morgan fingerprint density at radius 2 is 1.74 bits per heavy atom. The Bertz CT molecular complexity index is 1190. The number of hydrogen-bond donors (Lipinski definition) is 1. The van der Waals surface area contributed by atoms with Crippen LogP contribution in [0.25, 0.3) is 0 Å². The standard InChI is InChI=1S/C21H23BrN4O4S/c1-14-21(15(2)25(3)24-14)31(28,29)26(18-9-11-19(30-4)12-10-18)13-20(27)23-17-7-5-16(22)6-8-17/h5-12H,13H2,1-4H3,(H,23,27). The molecule has 1 N–H and O–H groups in total. The number of sulfonamides is 1. The van der Waals surface area contributed by atoms with Crippen molar-refractivity contribution in [2.45, 2.75) is 18.7 Å². The van der Waals surface area contributed by atoms with Crippen LogP contribution in [0, 0.1) is 13.8 Å². The molecule has 164 valence electrons. The molecule has 0 spiro atoms. The van der Waals surface area contributed by atoms with Crippen LogP contribution in [0.4, 0.5) is 11.4 Å². The summed E-state index contributed by atoms with van der Waals surface area (Å²) in [6.45, 7) is 2.91. The number of methoxy groups -OCH3 is 1. The zero-order valence-electron chi connectivity index (χ0n) is 17.6. The predicted octanol–water partition coefficient (Wildman–Crippen LogP) is 3.64. The van der Waals surface area contributed by atoms with Gasteiger partial charge in [0, 0.05) is 17.2 Å². The molecular weight excluding hydrogens is 484 g/mol. The van der Waals surface area contributed by atoms with Gasteiger partial charge in [-0.15, -0.1) is 0 Å². The highest BCUT2D eigenvalue weighted by molar-refractivity contribution is 9.10. The van der Waals surface area contributed by atoms with Gasteiger partial charge in [0.25, 0.3) is 10.0 Å². The van der Waals surface area contributed by atoms with Crippen molar-refractivity contribution >= 4 is 43.2 Å². The van der Waals surface area contributed by atoms with E-state index in [1.54, 1.807) is 69.4 Å². The van der Waals surface area contributed by atoms with Crippen LogP contribution in [0.1, 0.15) is 11.4 Å². The summed E-state index contributed by atoms with van der Waals surface area (Å²) < 4.78 is 35.9. The van der Waals surface area contributed by atoms with Gasteiger partial charge >= 0.3 is 0 Å². The number of aryl methyl sites for hydroxylation is 2. The molecule has 0 saturated carbocycles. The Labute approximate surface area is 190 Å². The molecule has 0 aliphatic carbocycles. The zero-order valence-corrected chi connectivity index (χ0v) is 20.0. The minimum Gasteiger partial charge on any atom is -0.497 e. The number of carbonyl (C=O) groups is 1. The predicted molar refractivity (Wildman–Crippen MR) is 123 cm³/mol. The smallest absolute Gasteiger partial charge is 0.268 e. The second kappa shape index (κ2) is 9.11. The first-order chi connectivity index (χ1) is 14.6. The van der Waals surface area contributed by atoms with Crippen LogP contribution >= 0.6 is 15.9 Å². The largest absolute Gasteiger partial charge is 0.497 e. The molecular formula is C21H23BrN4O4S. The number of benzene rings is 2. The summed E-state index contributed by atoms with van der Waals surface area (Å²) in [6.07, 6.45) is 0. The second-order valence-electron chi connectivity index (χ2n) is 6.89. The van der Waals surface area contributed by atoms with E-state index in [1.807, 2.05) is 0 Å². The maximum atomic E-state index is 13.6. The highest BCUT2D eigenvalue weighted by Gasteiger charge is 2.32. The molecule has 0 fully saturated rings. The number of ether oxygens (including phenoxy) is 1. The van der Waals surface area contributed by atoms with Crippen LogP contribution in [0.2, 0.25) is 0 Å². The highest BCUT2D eigenvalue weighted by atomic mass is 79.9. The van der Waals surface area contributed by atoms with Crippen LogP contribution < -0.4 is 14.4 Å². The molecule has 0 aliphatic rings. The second-order valence-corrected chi connectivity index (χ2v) is 9.60. The van der Waals surface area contributed by atoms with Gasteiger partial charge in [0.05, 0.1) is 24.2 Å². The summed E-state index contributed by atoms with van der Waals surface area (Å²) in [5, 5.41) is 6.96. The minimum absolute atomic E-state index is 0.0854. The number of carbonyl (C=O) groups excluding carboxylic acids is 1. The first kappa shape index (κ1) is 22.8. The van der Waals surface area contributed by atoms with E-state index in [-0.39, 0.29) is 4.90 Å². The molecule has 3 aromatic rings. The third-order valence-corrected chi connectivity index (χ3v) is 7.32. The van der Waals surface area contributed by atoms with Crippen molar-refractivity contribution in [1.82, 2.24) is 9.78 Å². The lowest BCUT2D eigenvalue weighted by molar-refractivity contribution is -0.114. The van der Waals surface area contributed by atoms with E-state index in [2.05, 4.69) is 26.3 Å². The maximum absolute atomic E-state index is 13.6. The van der Waals surface area contributed by atoms with Gasteiger partial charge in [-0.3, -0.25) is 13.8 Å². The van der Waals surface area contributed by atoms with Gasteiger partial charge in [0.2, 0.25) is 5.91 Å². The van der Waals surface area contributed by atoms with Gasteiger partial charge in [-0.05, 0) is 62.4 Å². The van der Waals surface area contributed by atoms with E-state index >= 15 is 0 Å². The third-order valence-electron chi connectivity index (χ3n) is 4.77. The van der Waals surface area contributed by atoms with E-state index in [0.717, 1.165) is 8.78 Å². The monoisotopic (exact) mass is 506 g/mol. The molecule has 2 aromatic carbocycles. The van der Waals surface area contributed by atoms with Crippen LogP contribution in [0.15, 0.2) is 57.9 Å². The first-order valence-electron chi connectivity index (χ1n) is 9.36. The summed E-state index contributed by atoms with van der Waals surface area (Å²) in [6, 6.07) is 13.5. The highest BCUT2D eigenvalue weighted by Crippen LogP contribution is 2.29. The number of nitrogens with zero attached hydrogens (tertiary/aromatic N) is 3. The molecule has 1 amide bonds. The van der Waals surface area contributed by atoms with Crippen molar-refractivity contribution in [2.75, 3.05) is 23.3 Å². The van der Waals surface area contributed by atoms with Crippen molar-refractivity contribution < 1.29 is 17.9 Å². The Balaban J connectivity index is 1.99. The minimum atomic E-state index is -4.07. The van der Waals surface area contributed by atoms with Gasteiger partial charge in [-0.2, -0.15) is 5.10 Å². The molecule has 0 atom stereocenters. The van der Waals surface area contributed by atoms with Crippen molar-refractivity contribution in [3.05, 3.63) is 64.4 Å². The molecule has 8 nitrogen and oxygen atoms in total. The Kier molecular flexibility index (Phi) is 6.71. The molecule has 0 aliphatic heterocycles. The molecule has 31 heavy (non-hydrogen) atoms. The van der Waals surface area contributed by atoms with Gasteiger partial charge in [0.1, 0.15) is 17.2 Å². The number of rotatable bonds is 7. The van der Waals surface area contributed by atoms with Crippen molar-refractivity contribution in [1.29, 1.82) is 0 Å². The number of nitrogens with one attached hydrogen (secondary N) is 1. The van der Waals surface area contributed by atoms with Gasteiger partial charge in [-0.25, -0.2) is 8.42 Å². The van der Waals surface area contributed by atoms with Crippen molar-refractivity contribution in [3.63, 3.8) is 0 Å². The van der Waals surface area contributed by atoms with E-state index in [0.29, 0.717) is 28.5 Å². The van der Waals surface area contributed by atoms with E-state index < -0.39 is 22.5 Å². The molecule has 0 bridgehead atoms. The number of amides is 1. The lowest BCUT2D eigenvalue weighted by Gasteiger charge is -2.24. The topological polar surface area (TPSA) is 93.5 Å². The lowest BCUT2D eigenvalue weighted by Crippen LogP contribution is -2.38. The van der Waals surface area contributed by atoms with Crippen LogP contribution in [0.5, 0.6) is 5.75 Å². The van der Waals surface area contributed by atoms with Crippen molar-refractivity contribution in [2.24, 2.45) is 7.05 Å². The zero-order chi connectivity index (χ0) is 22.8. The Morgan fingerprint density at radius 1 is 1.13 bits per heavy atom. The summed E-state index contributed by atoms with van der Waals surface area (Å²) in [7, 11) is -0.862. The average Bonchev–Trinajstić information content (AvgIpc) is 3.00. The fourth-order valence-electron chi connectivity index (χ4n) is 3.17. The normalized spacial score (nSPS) is 11.3. The number of hydrogen-bond acceptors (Lipinski definition) is 5. The lowest BCUT2D eigenvalue weighted by atomic mass is 10.3. The van der Waals surface area contributed by atoms with Gasteiger partial charge in [-0.1, -0.05) is 15.9 Å². The van der Waals surface area contributed by atoms with E-state index in [1.165, 1.54) is 11.8 Å². The number of anilines is 2. The number of halogens is 1. The van der Waals surface area contributed by atoms with Crippen molar-refractivity contribution in [3.8, 4) is 5.75 Å². The van der Waals surface area contributed by atoms with Crippen LogP contribution in [-0.4, -0.2) is 37.8 Å². The fraction of sp³-hybridized carbons (Fsp3) is 0.238. The quantitative estimate of drug-likeness (QED) is 0.527. The van der Waals surface area contributed by atoms with Crippen LogP contribution in [0.3, 0.4) is 0 Å². The fourth-order valence-corrected chi connectivity index (χ4v) is 5.26. The Morgan fingerprint density at radius 3 is 2.26 bits per heavy atom. The summed E-state index contributed by atoms with van der Waals surface area (Å²) in [5.74, 6) is 0.107. The van der Waals surface area contributed by atoms with Gasteiger partial charge in [0.15, 0.2) is 0 Å². The Hall–Kier alpha value is -2.85. The molecule has 1 heterocycles. The molecule has 0 radical (unpaired) electrons. The van der Waals surface area contributed by atoms with E-state index in [9.17, 15) is 13.2 Å². The summed E-state index contributed by atoms with van der Waals surface area (Å²) in [4.78, 5) is 12.9. The maximum Gasteiger partial charge on any atom is 0.268 e.